The van der Waals surface area contributed by atoms with Gasteiger partial charge in [-0.05, 0) is 43.7 Å². The molecular weight excluding hydrogens is 238 g/mol. The predicted molar refractivity (Wildman–Crippen MR) is 77.7 cm³/mol. The van der Waals surface area contributed by atoms with E-state index in [1.807, 2.05) is 57.2 Å². The number of methoxy groups -OCH3 is 1. The number of benzene rings is 2. The molecule has 2 rings (SSSR count). The van der Waals surface area contributed by atoms with Gasteiger partial charge in [-0.1, -0.05) is 24.3 Å². The van der Waals surface area contributed by atoms with Crippen LogP contribution in [0.3, 0.4) is 0 Å². The summed E-state index contributed by atoms with van der Waals surface area (Å²) < 4.78 is 5.33. The van der Waals surface area contributed by atoms with Crippen molar-refractivity contribution in [3.63, 3.8) is 0 Å². The van der Waals surface area contributed by atoms with E-state index in [0.29, 0.717) is 11.3 Å². The SMILES string of the molecule is COc1cc2ccccc2cc1C(=O)NC(C)(C)C. The molecule has 0 unspecified atom stereocenters. The van der Waals surface area contributed by atoms with Crippen LogP contribution in [0.25, 0.3) is 10.8 Å². The first-order valence-corrected chi connectivity index (χ1v) is 6.30. The van der Waals surface area contributed by atoms with Crippen molar-refractivity contribution >= 4 is 16.7 Å². The Labute approximate surface area is 113 Å². The minimum absolute atomic E-state index is 0.116. The zero-order chi connectivity index (χ0) is 14.0. The average molecular weight is 257 g/mol. The normalized spacial score (nSPS) is 11.4. The van der Waals surface area contributed by atoms with Crippen molar-refractivity contribution in [1.82, 2.24) is 5.32 Å². The minimum Gasteiger partial charge on any atom is -0.496 e. The van der Waals surface area contributed by atoms with Gasteiger partial charge in [-0.25, -0.2) is 0 Å². The van der Waals surface area contributed by atoms with Crippen molar-refractivity contribution in [2.75, 3.05) is 7.11 Å². The van der Waals surface area contributed by atoms with Crippen LogP contribution in [0.15, 0.2) is 36.4 Å². The van der Waals surface area contributed by atoms with Gasteiger partial charge in [0.1, 0.15) is 5.75 Å². The van der Waals surface area contributed by atoms with Gasteiger partial charge in [-0.2, -0.15) is 0 Å². The number of ether oxygens (including phenoxy) is 1. The van der Waals surface area contributed by atoms with Gasteiger partial charge < -0.3 is 10.1 Å². The molecule has 0 aromatic heterocycles. The number of hydrogen-bond acceptors (Lipinski definition) is 2. The highest BCUT2D eigenvalue weighted by atomic mass is 16.5. The molecule has 19 heavy (non-hydrogen) atoms. The molecule has 0 spiro atoms. The number of carbonyl (C=O) groups is 1. The molecule has 1 amide bonds. The van der Waals surface area contributed by atoms with E-state index >= 15 is 0 Å². The first-order valence-electron chi connectivity index (χ1n) is 6.30. The van der Waals surface area contributed by atoms with E-state index in [1.54, 1.807) is 7.11 Å². The lowest BCUT2D eigenvalue weighted by Crippen LogP contribution is -2.40. The van der Waals surface area contributed by atoms with Gasteiger partial charge in [0.2, 0.25) is 0 Å². The van der Waals surface area contributed by atoms with E-state index in [2.05, 4.69) is 5.32 Å². The van der Waals surface area contributed by atoms with Gasteiger partial charge in [0.05, 0.1) is 12.7 Å². The van der Waals surface area contributed by atoms with Crippen LogP contribution in [-0.2, 0) is 0 Å². The third kappa shape index (κ3) is 3.05. The van der Waals surface area contributed by atoms with Crippen molar-refractivity contribution in [2.45, 2.75) is 26.3 Å². The average Bonchev–Trinajstić information content (AvgIpc) is 2.35. The van der Waals surface area contributed by atoms with Gasteiger partial charge >= 0.3 is 0 Å². The maximum atomic E-state index is 12.3. The van der Waals surface area contributed by atoms with Crippen molar-refractivity contribution in [1.29, 1.82) is 0 Å². The maximum Gasteiger partial charge on any atom is 0.255 e. The molecule has 0 bridgehead atoms. The second kappa shape index (κ2) is 4.92. The molecule has 3 nitrogen and oxygen atoms in total. The topological polar surface area (TPSA) is 38.3 Å². The zero-order valence-corrected chi connectivity index (χ0v) is 11.8. The Balaban J connectivity index is 2.49. The highest BCUT2D eigenvalue weighted by Crippen LogP contribution is 2.26. The number of fused-ring (bicyclic) bond motifs is 1. The summed E-state index contributed by atoms with van der Waals surface area (Å²) in [5.74, 6) is 0.482. The summed E-state index contributed by atoms with van der Waals surface area (Å²) in [4.78, 5) is 12.3. The largest absolute Gasteiger partial charge is 0.496 e. The van der Waals surface area contributed by atoms with Crippen molar-refractivity contribution in [3.8, 4) is 5.75 Å². The van der Waals surface area contributed by atoms with Crippen LogP contribution < -0.4 is 10.1 Å². The number of amides is 1. The first kappa shape index (κ1) is 13.4. The van der Waals surface area contributed by atoms with Crippen molar-refractivity contribution < 1.29 is 9.53 Å². The van der Waals surface area contributed by atoms with Crippen molar-refractivity contribution in [2.24, 2.45) is 0 Å². The molecule has 2 aromatic carbocycles. The van der Waals surface area contributed by atoms with E-state index in [1.165, 1.54) is 0 Å². The summed E-state index contributed by atoms with van der Waals surface area (Å²) in [6.07, 6.45) is 0. The Morgan fingerprint density at radius 2 is 1.68 bits per heavy atom. The monoisotopic (exact) mass is 257 g/mol. The Kier molecular flexibility index (Phi) is 3.47. The second-order valence-electron chi connectivity index (χ2n) is 5.60. The van der Waals surface area contributed by atoms with Crippen LogP contribution >= 0.6 is 0 Å². The van der Waals surface area contributed by atoms with Crippen LogP contribution in [0.1, 0.15) is 31.1 Å². The molecule has 0 heterocycles. The van der Waals surface area contributed by atoms with Gasteiger partial charge in [0.15, 0.2) is 0 Å². The Morgan fingerprint density at radius 1 is 1.11 bits per heavy atom. The summed E-state index contributed by atoms with van der Waals surface area (Å²) in [5, 5.41) is 5.05. The summed E-state index contributed by atoms with van der Waals surface area (Å²) in [7, 11) is 1.58. The van der Waals surface area contributed by atoms with Crippen LogP contribution in [0.2, 0.25) is 0 Å². The third-order valence-electron chi connectivity index (χ3n) is 2.80. The van der Waals surface area contributed by atoms with E-state index in [-0.39, 0.29) is 11.4 Å². The highest BCUT2D eigenvalue weighted by Gasteiger charge is 2.19. The molecule has 100 valence electrons. The van der Waals surface area contributed by atoms with Crippen LogP contribution in [0.5, 0.6) is 5.75 Å². The molecule has 0 aliphatic rings. The fraction of sp³-hybridized carbons (Fsp3) is 0.312. The van der Waals surface area contributed by atoms with E-state index in [0.717, 1.165) is 10.8 Å². The molecule has 0 saturated heterocycles. The quantitative estimate of drug-likeness (QED) is 0.895. The molecule has 0 fully saturated rings. The Morgan fingerprint density at radius 3 is 2.21 bits per heavy atom. The minimum atomic E-state index is -0.270. The molecular formula is C16H19NO2. The third-order valence-corrected chi connectivity index (χ3v) is 2.80. The number of carbonyl (C=O) groups excluding carboxylic acids is 1. The molecule has 0 radical (unpaired) electrons. The zero-order valence-electron chi connectivity index (χ0n) is 11.8. The molecule has 2 aromatic rings. The van der Waals surface area contributed by atoms with E-state index < -0.39 is 0 Å². The van der Waals surface area contributed by atoms with Gasteiger partial charge in [0.25, 0.3) is 5.91 Å². The molecule has 3 heteroatoms. The molecule has 0 aliphatic heterocycles. The van der Waals surface area contributed by atoms with Crippen LogP contribution in [0.4, 0.5) is 0 Å². The Hall–Kier alpha value is -2.03. The smallest absolute Gasteiger partial charge is 0.255 e. The van der Waals surface area contributed by atoms with Crippen molar-refractivity contribution in [3.05, 3.63) is 42.0 Å². The summed E-state index contributed by atoms with van der Waals surface area (Å²) in [5.41, 5.74) is 0.296. The Bertz CT molecular complexity index is 612. The van der Waals surface area contributed by atoms with E-state index in [9.17, 15) is 4.79 Å². The lowest BCUT2D eigenvalue weighted by molar-refractivity contribution is 0.0916. The lowest BCUT2D eigenvalue weighted by Gasteiger charge is -2.21. The summed E-state index contributed by atoms with van der Waals surface area (Å²) >= 11 is 0. The van der Waals surface area contributed by atoms with Gasteiger partial charge in [-0.15, -0.1) is 0 Å². The molecule has 1 N–H and O–H groups in total. The van der Waals surface area contributed by atoms with Crippen LogP contribution in [0, 0.1) is 0 Å². The first-order chi connectivity index (χ1) is 8.90. The standard InChI is InChI=1S/C16H19NO2/c1-16(2,3)17-15(18)13-9-11-7-5-6-8-12(11)10-14(13)19-4/h5-10H,1-4H3,(H,17,18). The molecule has 0 saturated carbocycles. The van der Waals surface area contributed by atoms with Crippen LogP contribution in [-0.4, -0.2) is 18.6 Å². The van der Waals surface area contributed by atoms with Gasteiger partial charge in [-0.3, -0.25) is 4.79 Å². The number of hydrogen-bond donors (Lipinski definition) is 1. The van der Waals surface area contributed by atoms with Gasteiger partial charge in [0, 0.05) is 5.54 Å². The number of nitrogens with one attached hydrogen (secondary N) is 1. The number of rotatable bonds is 2. The molecule has 0 atom stereocenters. The summed E-state index contributed by atoms with van der Waals surface area (Å²) in [6, 6.07) is 11.7. The lowest BCUT2D eigenvalue weighted by atomic mass is 10.0. The highest BCUT2D eigenvalue weighted by molar-refractivity contribution is 6.01. The fourth-order valence-corrected chi connectivity index (χ4v) is 1.97. The predicted octanol–water partition coefficient (Wildman–Crippen LogP) is 3.38. The molecule has 0 aliphatic carbocycles. The second-order valence-corrected chi connectivity index (χ2v) is 5.60. The fourth-order valence-electron chi connectivity index (χ4n) is 1.97. The maximum absolute atomic E-state index is 12.3. The summed E-state index contributed by atoms with van der Waals surface area (Å²) in [6.45, 7) is 5.87. The van der Waals surface area contributed by atoms with E-state index in [4.69, 9.17) is 4.74 Å².